The van der Waals surface area contributed by atoms with E-state index >= 15 is 0 Å². The Labute approximate surface area is 168 Å². The molecule has 0 bridgehead atoms. The van der Waals surface area contributed by atoms with Gasteiger partial charge in [-0.15, -0.1) is 0 Å². The molecule has 1 amide bonds. The minimum atomic E-state index is -3.35. The Hall–Kier alpha value is -1.96. The number of halogens is 2. The molecule has 0 spiro atoms. The average molecular weight is 429 g/mol. The van der Waals surface area contributed by atoms with Crippen LogP contribution in [0.25, 0.3) is 0 Å². The summed E-state index contributed by atoms with van der Waals surface area (Å²) in [6.45, 7) is 0.407. The number of benzene rings is 2. The molecule has 0 aromatic heterocycles. The summed E-state index contributed by atoms with van der Waals surface area (Å²) in [7, 11) is -1.86. The quantitative estimate of drug-likeness (QED) is 0.791. The van der Waals surface area contributed by atoms with E-state index in [-0.39, 0.29) is 16.3 Å². The Morgan fingerprint density at radius 2 is 1.93 bits per heavy atom. The number of amides is 1. The van der Waals surface area contributed by atoms with Crippen LogP contribution >= 0.6 is 23.2 Å². The number of rotatable bonds is 4. The number of nitrogens with one attached hydrogen (secondary N) is 1. The number of anilines is 2. The van der Waals surface area contributed by atoms with Gasteiger partial charge < -0.3 is 10.1 Å². The van der Waals surface area contributed by atoms with Crippen LogP contribution < -0.4 is 14.4 Å². The van der Waals surface area contributed by atoms with Crippen LogP contribution in [0.5, 0.6) is 5.75 Å². The zero-order valence-corrected chi connectivity index (χ0v) is 16.9. The van der Waals surface area contributed by atoms with Crippen molar-refractivity contribution in [3.63, 3.8) is 0 Å². The highest BCUT2D eigenvalue weighted by atomic mass is 35.5. The fourth-order valence-electron chi connectivity index (χ4n) is 2.89. The number of methoxy groups -OCH3 is 1. The van der Waals surface area contributed by atoms with Gasteiger partial charge in [0.05, 0.1) is 34.8 Å². The molecule has 0 unspecified atom stereocenters. The largest absolute Gasteiger partial charge is 0.495 e. The lowest BCUT2D eigenvalue weighted by molar-refractivity contribution is 0.102. The van der Waals surface area contributed by atoms with Gasteiger partial charge in [-0.3, -0.25) is 9.10 Å². The van der Waals surface area contributed by atoms with Crippen LogP contribution in [0.15, 0.2) is 36.4 Å². The predicted molar refractivity (Wildman–Crippen MR) is 108 cm³/mol. The summed E-state index contributed by atoms with van der Waals surface area (Å²) in [5, 5.41) is 3.32. The maximum Gasteiger partial charge on any atom is 0.257 e. The van der Waals surface area contributed by atoms with Crippen LogP contribution in [0.2, 0.25) is 10.0 Å². The molecule has 1 fully saturated rings. The van der Waals surface area contributed by atoms with Gasteiger partial charge in [0.2, 0.25) is 10.0 Å². The van der Waals surface area contributed by atoms with E-state index in [1.54, 1.807) is 24.3 Å². The minimum Gasteiger partial charge on any atom is -0.495 e. The second-order valence-electron chi connectivity index (χ2n) is 6.06. The van der Waals surface area contributed by atoms with Gasteiger partial charge in [0, 0.05) is 11.6 Å². The van der Waals surface area contributed by atoms with Crippen molar-refractivity contribution in [3.8, 4) is 5.75 Å². The number of ether oxygens (including phenoxy) is 1. The van der Waals surface area contributed by atoms with Gasteiger partial charge in [0.1, 0.15) is 5.75 Å². The molecule has 0 atom stereocenters. The maximum atomic E-state index is 12.6. The molecule has 9 heteroatoms. The van der Waals surface area contributed by atoms with Crippen molar-refractivity contribution in [1.82, 2.24) is 0 Å². The molecule has 1 aliphatic heterocycles. The highest BCUT2D eigenvalue weighted by Crippen LogP contribution is 2.31. The molecule has 144 valence electrons. The molecule has 1 aliphatic rings. The SMILES string of the molecule is COc1ccc(Cl)cc1NC(=O)c1ccc(N2CCCCS2(=O)=O)cc1Cl. The molecule has 27 heavy (non-hydrogen) atoms. The number of nitrogens with zero attached hydrogens (tertiary/aromatic N) is 1. The van der Waals surface area contributed by atoms with E-state index in [0.717, 1.165) is 6.42 Å². The van der Waals surface area contributed by atoms with E-state index in [1.165, 1.54) is 23.5 Å². The van der Waals surface area contributed by atoms with Crippen molar-refractivity contribution in [3.05, 3.63) is 52.0 Å². The summed E-state index contributed by atoms with van der Waals surface area (Å²) >= 11 is 12.2. The standard InChI is InChI=1S/C18H18Cl2N2O4S/c1-26-17-7-4-12(19)10-16(17)21-18(23)14-6-5-13(11-15(14)20)22-8-2-3-9-27(22,24)25/h4-7,10-11H,2-3,8-9H2,1H3,(H,21,23). The van der Waals surface area contributed by atoms with E-state index in [0.29, 0.717) is 35.1 Å². The third kappa shape index (κ3) is 4.31. The van der Waals surface area contributed by atoms with Gasteiger partial charge >= 0.3 is 0 Å². The molecule has 2 aromatic rings. The number of carbonyl (C=O) groups is 1. The smallest absolute Gasteiger partial charge is 0.257 e. The van der Waals surface area contributed by atoms with Gasteiger partial charge in [0.25, 0.3) is 5.91 Å². The van der Waals surface area contributed by atoms with Crippen LogP contribution in [0.1, 0.15) is 23.2 Å². The molecular weight excluding hydrogens is 411 g/mol. The third-order valence-electron chi connectivity index (χ3n) is 4.24. The minimum absolute atomic E-state index is 0.113. The number of sulfonamides is 1. The number of hydrogen-bond acceptors (Lipinski definition) is 4. The summed E-state index contributed by atoms with van der Waals surface area (Å²) in [5.74, 6) is 0.120. The summed E-state index contributed by atoms with van der Waals surface area (Å²) in [4.78, 5) is 12.6. The van der Waals surface area contributed by atoms with Crippen molar-refractivity contribution in [1.29, 1.82) is 0 Å². The van der Waals surface area contributed by atoms with Gasteiger partial charge in [-0.1, -0.05) is 23.2 Å². The Balaban J connectivity index is 1.86. The molecule has 1 heterocycles. The second kappa shape index (κ2) is 7.96. The molecule has 0 aliphatic carbocycles. The van der Waals surface area contributed by atoms with Gasteiger partial charge in [-0.25, -0.2) is 8.42 Å². The molecule has 2 aromatic carbocycles. The lowest BCUT2D eigenvalue weighted by Gasteiger charge is -2.28. The first kappa shape index (κ1) is 19.8. The van der Waals surface area contributed by atoms with Crippen molar-refractivity contribution in [2.75, 3.05) is 29.0 Å². The summed E-state index contributed by atoms with van der Waals surface area (Å²) in [6.07, 6.45) is 1.43. The molecular formula is C18H18Cl2N2O4S. The van der Waals surface area contributed by atoms with Gasteiger partial charge in [-0.2, -0.15) is 0 Å². The molecule has 6 nitrogen and oxygen atoms in total. The van der Waals surface area contributed by atoms with E-state index in [4.69, 9.17) is 27.9 Å². The fraction of sp³-hybridized carbons (Fsp3) is 0.278. The maximum absolute atomic E-state index is 12.6. The topological polar surface area (TPSA) is 75.7 Å². The van der Waals surface area contributed by atoms with Crippen molar-refractivity contribution in [2.24, 2.45) is 0 Å². The van der Waals surface area contributed by atoms with Crippen LogP contribution in [0.4, 0.5) is 11.4 Å². The van der Waals surface area contributed by atoms with E-state index in [9.17, 15) is 13.2 Å². The van der Waals surface area contributed by atoms with Crippen LogP contribution in [-0.2, 0) is 10.0 Å². The monoisotopic (exact) mass is 428 g/mol. The van der Waals surface area contributed by atoms with E-state index in [1.807, 2.05) is 0 Å². The van der Waals surface area contributed by atoms with Crippen molar-refractivity contribution in [2.45, 2.75) is 12.8 Å². The molecule has 0 saturated carbocycles. The number of carbonyl (C=O) groups excluding carboxylic acids is 1. The molecule has 0 radical (unpaired) electrons. The van der Waals surface area contributed by atoms with Gasteiger partial charge in [0.15, 0.2) is 0 Å². The Morgan fingerprint density at radius 1 is 1.15 bits per heavy atom. The molecule has 3 rings (SSSR count). The molecule has 1 N–H and O–H groups in total. The number of hydrogen-bond donors (Lipinski definition) is 1. The Bertz CT molecular complexity index is 979. The summed E-state index contributed by atoms with van der Waals surface area (Å²) < 4.78 is 31.0. The molecule has 1 saturated heterocycles. The third-order valence-corrected chi connectivity index (χ3v) is 6.66. The summed E-state index contributed by atoms with van der Waals surface area (Å²) in [6, 6.07) is 9.45. The first-order valence-electron chi connectivity index (χ1n) is 8.26. The first-order valence-corrected chi connectivity index (χ1v) is 10.6. The summed E-state index contributed by atoms with van der Waals surface area (Å²) in [5.41, 5.74) is 1.09. The van der Waals surface area contributed by atoms with Gasteiger partial charge in [-0.05, 0) is 49.2 Å². The highest BCUT2D eigenvalue weighted by Gasteiger charge is 2.26. The lowest BCUT2D eigenvalue weighted by atomic mass is 10.1. The van der Waals surface area contributed by atoms with Crippen molar-refractivity contribution < 1.29 is 17.9 Å². The zero-order chi connectivity index (χ0) is 19.6. The Kier molecular flexibility index (Phi) is 5.83. The highest BCUT2D eigenvalue weighted by molar-refractivity contribution is 7.92. The van der Waals surface area contributed by atoms with E-state index < -0.39 is 15.9 Å². The fourth-order valence-corrected chi connectivity index (χ4v) is 4.95. The average Bonchev–Trinajstić information content (AvgIpc) is 2.61. The first-order chi connectivity index (χ1) is 12.8. The predicted octanol–water partition coefficient (Wildman–Crippen LogP) is 4.18. The van der Waals surface area contributed by atoms with Crippen LogP contribution in [0.3, 0.4) is 0 Å². The zero-order valence-electron chi connectivity index (χ0n) is 14.5. The Morgan fingerprint density at radius 3 is 2.59 bits per heavy atom. The van der Waals surface area contributed by atoms with E-state index in [2.05, 4.69) is 5.32 Å². The van der Waals surface area contributed by atoms with Crippen LogP contribution in [0, 0.1) is 0 Å². The second-order valence-corrected chi connectivity index (χ2v) is 8.91. The lowest BCUT2D eigenvalue weighted by Crippen LogP contribution is -2.37. The normalized spacial score (nSPS) is 16.0. The van der Waals surface area contributed by atoms with Crippen LogP contribution in [-0.4, -0.2) is 33.7 Å². The van der Waals surface area contributed by atoms with Crippen molar-refractivity contribution >= 4 is 50.5 Å².